The predicted octanol–water partition coefficient (Wildman–Crippen LogP) is 3.16. The van der Waals surface area contributed by atoms with Gasteiger partial charge in [0.25, 0.3) is 0 Å². The third-order valence-corrected chi connectivity index (χ3v) is 5.09. The van der Waals surface area contributed by atoms with Gasteiger partial charge in [0.15, 0.2) is 0 Å². The van der Waals surface area contributed by atoms with Crippen molar-refractivity contribution in [2.75, 3.05) is 18.1 Å². The fourth-order valence-corrected chi connectivity index (χ4v) is 3.17. The number of hydrogen-bond donors (Lipinski definition) is 1. The maximum absolute atomic E-state index is 12.2. The van der Waals surface area contributed by atoms with Crippen LogP contribution in [0.5, 0.6) is 0 Å². The molecule has 5 nitrogen and oxygen atoms in total. The zero-order valence-corrected chi connectivity index (χ0v) is 15.9. The number of anilines is 1. The van der Waals surface area contributed by atoms with Crippen molar-refractivity contribution in [3.05, 3.63) is 64.1 Å². The molecular weight excluding hydrogens is 392 g/mol. The molecule has 0 spiro atoms. The molecule has 0 unspecified atom stereocenters. The van der Waals surface area contributed by atoms with E-state index in [0.717, 1.165) is 26.2 Å². The molecule has 0 bridgehead atoms. The molecule has 0 aromatic heterocycles. The molecule has 0 saturated carbocycles. The Morgan fingerprint density at radius 2 is 1.83 bits per heavy atom. The minimum Gasteiger partial charge on any atom is -0.325 e. The van der Waals surface area contributed by atoms with Gasteiger partial charge in [0.2, 0.25) is 15.9 Å². The van der Waals surface area contributed by atoms with Crippen molar-refractivity contribution in [3.63, 3.8) is 0 Å². The highest BCUT2D eigenvalue weighted by Gasteiger charge is 2.20. The predicted molar refractivity (Wildman–Crippen MR) is 99.2 cm³/mol. The molecule has 2 aromatic rings. The van der Waals surface area contributed by atoms with E-state index in [-0.39, 0.29) is 19.0 Å². The van der Waals surface area contributed by atoms with Crippen LogP contribution < -0.4 is 5.32 Å². The van der Waals surface area contributed by atoms with Crippen molar-refractivity contribution in [2.24, 2.45) is 0 Å². The summed E-state index contributed by atoms with van der Waals surface area (Å²) in [4.78, 5) is 12.2. The molecule has 128 valence electrons. The highest BCUT2D eigenvalue weighted by Crippen LogP contribution is 2.14. The number of benzene rings is 2. The molecule has 24 heavy (non-hydrogen) atoms. The maximum Gasteiger partial charge on any atom is 0.239 e. The monoisotopic (exact) mass is 410 g/mol. The molecule has 0 aliphatic heterocycles. The summed E-state index contributed by atoms with van der Waals surface area (Å²) in [6, 6.07) is 14.7. The number of amides is 1. The van der Waals surface area contributed by atoms with E-state index < -0.39 is 10.0 Å². The van der Waals surface area contributed by atoms with E-state index in [2.05, 4.69) is 21.2 Å². The van der Waals surface area contributed by atoms with Crippen LogP contribution in [0.15, 0.2) is 53.0 Å². The molecule has 0 radical (unpaired) electrons. The van der Waals surface area contributed by atoms with Gasteiger partial charge >= 0.3 is 0 Å². The molecule has 7 heteroatoms. The number of rotatable bonds is 6. The molecule has 2 aromatic carbocycles. The Kier molecular flexibility index (Phi) is 6.15. The van der Waals surface area contributed by atoms with E-state index in [1.54, 1.807) is 6.07 Å². The Balaban J connectivity index is 2.08. The van der Waals surface area contributed by atoms with Gasteiger partial charge in [0, 0.05) is 16.7 Å². The minimum absolute atomic E-state index is 0.146. The lowest BCUT2D eigenvalue weighted by Gasteiger charge is -2.19. The van der Waals surface area contributed by atoms with E-state index in [9.17, 15) is 13.2 Å². The summed E-state index contributed by atoms with van der Waals surface area (Å²) in [7, 11) is -3.51. The van der Waals surface area contributed by atoms with E-state index in [1.807, 2.05) is 49.4 Å². The number of nitrogens with zero attached hydrogens (tertiary/aromatic N) is 1. The van der Waals surface area contributed by atoms with Gasteiger partial charge in [-0.15, -0.1) is 0 Å². The highest BCUT2D eigenvalue weighted by molar-refractivity contribution is 9.10. The van der Waals surface area contributed by atoms with E-state index >= 15 is 0 Å². The van der Waals surface area contributed by atoms with Crippen molar-refractivity contribution in [1.82, 2.24) is 4.31 Å². The van der Waals surface area contributed by atoms with Crippen LogP contribution in [0.4, 0.5) is 5.69 Å². The number of hydrogen-bond acceptors (Lipinski definition) is 3. The van der Waals surface area contributed by atoms with E-state index in [0.29, 0.717) is 5.69 Å². The average Bonchev–Trinajstić information content (AvgIpc) is 2.48. The first kappa shape index (κ1) is 18.6. The third kappa shape index (κ3) is 5.74. The summed E-state index contributed by atoms with van der Waals surface area (Å²) in [6.07, 6.45) is 1.10. The Bertz CT molecular complexity index is 820. The second kappa shape index (κ2) is 7.92. The van der Waals surface area contributed by atoms with Crippen LogP contribution in [0.1, 0.15) is 11.1 Å². The second-order valence-corrected chi connectivity index (χ2v) is 8.47. The summed E-state index contributed by atoms with van der Waals surface area (Å²) in [5, 5.41) is 2.73. The number of nitrogens with one attached hydrogen (secondary N) is 1. The van der Waals surface area contributed by atoms with Crippen LogP contribution in [-0.4, -0.2) is 31.4 Å². The number of aryl methyl sites for hydroxylation is 1. The zero-order valence-electron chi connectivity index (χ0n) is 13.5. The Hall–Kier alpha value is -1.70. The molecule has 0 aliphatic rings. The molecule has 1 N–H and O–H groups in total. The summed E-state index contributed by atoms with van der Waals surface area (Å²) in [5.74, 6) is -0.372. The third-order valence-electron chi connectivity index (χ3n) is 3.36. The summed E-state index contributed by atoms with van der Waals surface area (Å²) < 4.78 is 26.0. The molecule has 0 saturated heterocycles. The van der Waals surface area contributed by atoms with Crippen molar-refractivity contribution < 1.29 is 13.2 Å². The lowest BCUT2D eigenvalue weighted by molar-refractivity contribution is -0.116. The smallest absolute Gasteiger partial charge is 0.239 e. The van der Waals surface area contributed by atoms with Gasteiger partial charge in [-0.2, -0.15) is 4.31 Å². The van der Waals surface area contributed by atoms with Gasteiger partial charge in [-0.05, 0) is 42.3 Å². The number of sulfonamides is 1. The van der Waals surface area contributed by atoms with Gasteiger partial charge in [-0.25, -0.2) is 8.42 Å². The summed E-state index contributed by atoms with van der Waals surface area (Å²) >= 11 is 3.34. The van der Waals surface area contributed by atoms with Crippen molar-refractivity contribution in [3.8, 4) is 0 Å². The first-order valence-corrected chi connectivity index (χ1v) is 9.94. The maximum atomic E-state index is 12.2. The Morgan fingerprint density at radius 3 is 2.42 bits per heavy atom. The zero-order chi connectivity index (χ0) is 17.7. The fourth-order valence-electron chi connectivity index (χ4n) is 2.17. The number of halogens is 1. The van der Waals surface area contributed by atoms with Gasteiger partial charge in [-0.1, -0.05) is 40.2 Å². The van der Waals surface area contributed by atoms with Crippen molar-refractivity contribution in [1.29, 1.82) is 0 Å². The fraction of sp³-hybridized carbons (Fsp3) is 0.235. The molecule has 0 atom stereocenters. The summed E-state index contributed by atoms with van der Waals surface area (Å²) in [5.41, 5.74) is 2.48. The van der Waals surface area contributed by atoms with Gasteiger partial charge in [0.1, 0.15) is 0 Å². The van der Waals surface area contributed by atoms with Crippen molar-refractivity contribution >= 4 is 37.5 Å². The minimum atomic E-state index is -3.51. The van der Waals surface area contributed by atoms with E-state index in [1.165, 1.54) is 0 Å². The topological polar surface area (TPSA) is 66.5 Å². The van der Waals surface area contributed by atoms with Crippen LogP contribution in [-0.2, 0) is 21.4 Å². The van der Waals surface area contributed by atoms with Gasteiger partial charge in [0.05, 0.1) is 12.8 Å². The SMILES string of the molecule is Cc1cccc(NC(=O)CN(Cc2ccc(Br)cc2)S(C)(=O)=O)c1. The van der Waals surface area contributed by atoms with Crippen LogP contribution in [0.3, 0.4) is 0 Å². The number of carbonyl (C=O) groups excluding carboxylic acids is 1. The lowest BCUT2D eigenvalue weighted by Crippen LogP contribution is -2.36. The van der Waals surface area contributed by atoms with E-state index in [4.69, 9.17) is 0 Å². The number of carbonyl (C=O) groups is 1. The molecule has 2 rings (SSSR count). The standard InChI is InChI=1S/C17H19BrN2O3S/c1-13-4-3-5-16(10-13)19-17(21)12-20(24(2,22)23)11-14-6-8-15(18)9-7-14/h3-10H,11-12H2,1-2H3,(H,19,21). The molecular formula is C17H19BrN2O3S. The first-order valence-electron chi connectivity index (χ1n) is 7.30. The molecule has 0 fully saturated rings. The van der Waals surface area contributed by atoms with Crippen LogP contribution in [0.2, 0.25) is 0 Å². The normalized spacial score (nSPS) is 11.5. The van der Waals surface area contributed by atoms with Crippen molar-refractivity contribution in [2.45, 2.75) is 13.5 Å². The highest BCUT2D eigenvalue weighted by atomic mass is 79.9. The largest absolute Gasteiger partial charge is 0.325 e. The Morgan fingerprint density at radius 1 is 1.17 bits per heavy atom. The van der Waals surface area contributed by atoms with Crippen LogP contribution in [0.25, 0.3) is 0 Å². The lowest BCUT2D eigenvalue weighted by atomic mass is 10.2. The van der Waals surface area contributed by atoms with Crippen LogP contribution >= 0.6 is 15.9 Å². The van der Waals surface area contributed by atoms with Gasteiger partial charge in [-0.3, -0.25) is 4.79 Å². The van der Waals surface area contributed by atoms with Gasteiger partial charge < -0.3 is 5.32 Å². The Labute approximate surface area is 150 Å². The average molecular weight is 411 g/mol. The molecule has 0 aliphatic carbocycles. The second-order valence-electron chi connectivity index (χ2n) is 5.58. The molecule has 1 amide bonds. The quantitative estimate of drug-likeness (QED) is 0.794. The molecule has 0 heterocycles. The first-order chi connectivity index (χ1) is 11.2. The van der Waals surface area contributed by atoms with Crippen LogP contribution in [0, 0.1) is 6.92 Å². The summed E-state index contributed by atoms with van der Waals surface area (Å²) in [6.45, 7) is 1.84.